The van der Waals surface area contributed by atoms with E-state index in [9.17, 15) is 14.4 Å². The lowest BCUT2D eigenvalue weighted by atomic mass is 10.1. The van der Waals surface area contributed by atoms with Gasteiger partial charge in [0.15, 0.2) is 0 Å². The van der Waals surface area contributed by atoms with Gasteiger partial charge in [-0.25, -0.2) is 9.59 Å². The summed E-state index contributed by atoms with van der Waals surface area (Å²) in [6, 6.07) is 12.3. The molecule has 4 rings (SSSR count). The maximum absolute atomic E-state index is 12.5. The van der Waals surface area contributed by atoms with Crippen molar-refractivity contribution in [1.82, 2.24) is 9.55 Å². The lowest BCUT2D eigenvalue weighted by molar-refractivity contribution is -0.116. The topological polar surface area (TPSA) is 97.1 Å². The summed E-state index contributed by atoms with van der Waals surface area (Å²) in [6.07, 6.45) is 0.155. The average molecular weight is 377 g/mol. The van der Waals surface area contributed by atoms with Gasteiger partial charge in [-0.1, -0.05) is 12.1 Å². The fraction of sp³-hybridized carbons (Fsp3) is 0.190. The molecule has 0 saturated carbocycles. The number of nitrogens with zero attached hydrogens (tertiary/aromatic N) is 1. The Morgan fingerprint density at radius 1 is 1.11 bits per heavy atom. The lowest BCUT2D eigenvalue weighted by Gasteiger charge is -2.11. The first-order valence-corrected chi connectivity index (χ1v) is 8.95. The van der Waals surface area contributed by atoms with Crippen molar-refractivity contribution in [3.8, 4) is 0 Å². The molecule has 7 nitrogen and oxygen atoms in total. The van der Waals surface area contributed by atoms with Crippen LogP contribution in [0.1, 0.15) is 17.5 Å². The first kappa shape index (κ1) is 17.8. The van der Waals surface area contributed by atoms with Crippen LogP contribution in [0.3, 0.4) is 0 Å². The number of aromatic nitrogens is 2. The van der Waals surface area contributed by atoms with Crippen molar-refractivity contribution in [2.24, 2.45) is 0 Å². The molecule has 0 atom stereocenters. The number of hydrogen-bond acceptors (Lipinski definition) is 4. The molecule has 7 heteroatoms. The molecule has 0 radical (unpaired) electrons. The number of amides is 1. The number of anilines is 1. The Bertz CT molecular complexity index is 1330. The van der Waals surface area contributed by atoms with Gasteiger partial charge in [0.25, 0.3) is 0 Å². The van der Waals surface area contributed by atoms with Crippen LogP contribution < -0.4 is 16.6 Å². The Kier molecular flexibility index (Phi) is 4.35. The standard InChI is InChI=1S/C21H19N3O4/c1-12-10-20(26)28-18-9-13(2)16(11-14(12)18)22-19(25)7-8-24-17-6-4-3-5-15(17)23-21(24)27/h3-6,9-11H,7-8H2,1-2H3,(H,22,25)(H,23,27). The van der Waals surface area contributed by atoms with E-state index in [0.29, 0.717) is 11.3 Å². The Labute approximate surface area is 159 Å². The lowest BCUT2D eigenvalue weighted by Crippen LogP contribution is -2.21. The van der Waals surface area contributed by atoms with Gasteiger partial charge < -0.3 is 14.7 Å². The molecule has 0 aliphatic carbocycles. The molecular formula is C21H19N3O4. The summed E-state index contributed by atoms with van der Waals surface area (Å²) in [6.45, 7) is 3.93. The second-order valence-corrected chi connectivity index (χ2v) is 6.81. The van der Waals surface area contributed by atoms with E-state index >= 15 is 0 Å². The number of carbonyl (C=O) groups excluding carboxylic acids is 1. The zero-order valence-electron chi connectivity index (χ0n) is 15.5. The van der Waals surface area contributed by atoms with E-state index in [4.69, 9.17) is 4.42 Å². The highest BCUT2D eigenvalue weighted by Gasteiger charge is 2.12. The highest BCUT2D eigenvalue weighted by Crippen LogP contribution is 2.25. The third kappa shape index (κ3) is 3.22. The molecule has 2 aromatic carbocycles. The summed E-state index contributed by atoms with van der Waals surface area (Å²) in [5.74, 6) is -0.199. The van der Waals surface area contributed by atoms with Crippen molar-refractivity contribution in [3.05, 3.63) is 74.5 Å². The maximum Gasteiger partial charge on any atom is 0.336 e. The van der Waals surface area contributed by atoms with Crippen LogP contribution >= 0.6 is 0 Å². The number of rotatable bonds is 4. The quantitative estimate of drug-likeness (QED) is 0.534. The van der Waals surface area contributed by atoms with Crippen LogP contribution in [-0.4, -0.2) is 15.5 Å². The fourth-order valence-corrected chi connectivity index (χ4v) is 3.36. The second-order valence-electron chi connectivity index (χ2n) is 6.81. The first-order chi connectivity index (χ1) is 13.4. The van der Waals surface area contributed by atoms with E-state index in [-0.39, 0.29) is 24.6 Å². The van der Waals surface area contributed by atoms with Gasteiger partial charge in [0.2, 0.25) is 5.91 Å². The van der Waals surface area contributed by atoms with Gasteiger partial charge in [-0.15, -0.1) is 0 Å². The number of carbonyl (C=O) groups is 1. The normalized spacial score (nSPS) is 11.2. The number of hydrogen-bond donors (Lipinski definition) is 2. The molecule has 142 valence electrons. The van der Waals surface area contributed by atoms with Crippen LogP contribution in [0.4, 0.5) is 5.69 Å². The minimum atomic E-state index is -0.398. The fourth-order valence-electron chi connectivity index (χ4n) is 3.36. The molecular weight excluding hydrogens is 358 g/mol. The summed E-state index contributed by atoms with van der Waals surface area (Å²) in [5.41, 5.74) is 3.60. The van der Waals surface area contributed by atoms with Crippen molar-refractivity contribution in [3.63, 3.8) is 0 Å². The number of imidazole rings is 1. The molecule has 0 spiro atoms. The highest BCUT2D eigenvalue weighted by molar-refractivity contribution is 5.95. The smallest absolute Gasteiger partial charge is 0.336 e. The molecule has 2 aromatic heterocycles. The molecule has 0 bridgehead atoms. The van der Waals surface area contributed by atoms with Gasteiger partial charge in [-0.2, -0.15) is 0 Å². The summed E-state index contributed by atoms with van der Waals surface area (Å²) < 4.78 is 6.78. The van der Waals surface area contributed by atoms with E-state index in [2.05, 4.69) is 10.3 Å². The molecule has 28 heavy (non-hydrogen) atoms. The third-order valence-corrected chi connectivity index (χ3v) is 4.81. The Morgan fingerprint density at radius 3 is 2.71 bits per heavy atom. The van der Waals surface area contributed by atoms with Crippen LogP contribution in [-0.2, 0) is 11.3 Å². The second kappa shape index (κ2) is 6.84. The van der Waals surface area contributed by atoms with Crippen LogP contribution in [0.15, 0.2) is 56.5 Å². The number of aryl methyl sites for hydroxylation is 3. The highest BCUT2D eigenvalue weighted by atomic mass is 16.4. The minimum Gasteiger partial charge on any atom is -0.423 e. The number of benzene rings is 2. The van der Waals surface area contributed by atoms with Crippen molar-refractivity contribution in [1.29, 1.82) is 0 Å². The Morgan fingerprint density at radius 2 is 1.89 bits per heavy atom. The van der Waals surface area contributed by atoms with Crippen LogP contribution in [0, 0.1) is 13.8 Å². The number of aromatic amines is 1. The van der Waals surface area contributed by atoms with E-state index in [1.165, 1.54) is 6.07 Å². The molecule has 0 aliphatic heterocycles. The Balaban J connectivity index is 1.55. The van der Waals surface area contributed by atoms with E-state index in [1.807, 2.05) is 38.1 Å². The van der Waals surface area contributed by atoms with Gasteiger partial charge in [-0.05, 0) is 49.2 Å². The van der Waals surface area contributed by atoms with Crippen molar-refractivity contribution in [2.45, 2.75) is 26.8 Å². The molecule has 0 saturated heterocycles. The zero-order valence-corrected chi connectivity index (χ0v) is 15.5. The van der Waals surface area contributed by atoms with Gasteiger partial charge in [0.05, 0.1) is 11.0 Å². The summed E-state index contributed by atoms with van der Waals surface area (Å²) in [7, 11) is 0. The molecule has 0 unspecified atom stereocenters. The van der Waals surface area contributed by atoms with Gasteiger partial charge in [0.1, 0.15) is 5.58 Å². The monoisotopic (exact) mass is 377 g/mol. The first-order valence-electron chi connectivity index (χ1n) is 8.95. The molecule has 4 aromatic rings. The molecule has 2 heterocycles. The van der Waals surface area contributed by atoms with Crippen LogP contribution in [0.25, 0.3) is 22.0 Å². The predicted molar refractivity (Wildman–Crippen MR) is 108 cm³/mol. The van der Waals surface area contributed by atoms with Gasteiger partial charge >= 0.3 is 11.3 Å². The minimum absolute atomic E-state index is 0.155. The molecule has 0 fully saturated rings. The summed E-state index contributed by atoms with van der Waals surface area (Å²) >= 11 is 0. The van der Waals surface area contributed by atoms with E-state index in [0.717, 1.165) is 27.5 Å². The number of para-hydroxylation sites is 2. The SMILES string of the molecule is Cc1cc2oc(=O)cc(C)c2cc1NC(=O)CCn1c(=O)[nH]c2ccccc21. The molecule has 2 N–H and O–H groups in total. The van der Waals surface area contributed by atoms with Crippen molar-refractivity contribution in [2.75, 3.05) is 5.32 Å². The zero-order chi connectivity index (χ0) is 19.8. The predicted octanol–water partition coefficient (Wildman–Crippen LogP) is 3.08. The third-order valence-electron chi connectivity index (χ3n) is 4.81. The largest absolute Gasteiger partial charge is 0.423 e. The van der Waals surface area contributed by atoms with Gasteiger partial charge in [0, 0.05) is 30.1 Å². The van der Waals surface area contributed by atoms with Crippen LogP contribution in [0.2, 0.25) is 0 Å². The number of fused-ring (bicyclic) bond motifs is 2. The van der Waals surface area contributed by atoms with Crippen molar-refractivity contribution >= 4 is 33.6 Å². The summed E-state index contributed by atoms with van der Waals surface area (Å²) in [5, 5.41) is 3.66. The van der Waals surface area contributed by atoms with E-state index < -0.39 is 5.63 Å². The number of H-pyrrole nitrogens is 1. The maximum atomic E-state index is 12.5. The average Bonchev–Trinajstić information content (AvgIpc) is 2.96. The molecule has 1 amide bonds. The summed E-state index contributed by atoms with van der Waals surface area (Å²) in [4.78, 5) is 38.9. The van der Waals surface area contributed by atoms with E-state index in [1.54, 1.807) is 16.7 Å². The number of nitrogens with one attached hydrogen (secondary N) is 2. The van der Waals surface area contributed by atoms with Gasteiger partial charge in [-0.3, -0.25) is 9.36 Å². The van der Waals surface area contributed by atoms with Crippen LogP contribution in [0.5, 0.6) is 0 Å². The Hall–Kier alpha value is -3.61. The molecule has 0 aliphatic rings. The van der Waals surface area contributed by atoms with Crippen molar-refractivity contribution < 1.29 is 9.21 Å².